The van der Waals surface area contributed by atoms with Crippen LogP contribution in [0.25, 0.3) is 10.6 Å². The number of pyridine rings is 1. The predicted molar refractivity (Wildman–Crippen MR) is 96.8 cm³/mol. The van der Waals surface area contributed by atoms with Crippen LogP contribution in [-0.2, 0) is 4.79 Å². The lowest BCUT2D eigenvalue weighted by Gasteiger charge is -2.23. The fourth-order valence-electron chi connectivity index (χ4n) is 2.33. The van der Waals surface area contributed by atoms with Gasteiger partial charge in [-0.05, 0) is 26.2 Å². The zero-order valence-electron chi connectivity index (χ0n) is 13.8. The van der Waals surface area contributed by atoms with Gasteiger partial charge in [0.05, 0.1) is 11.3 Å². The van der Waals surface area contributed by atoms with Gasteiger partial charge in [-0.15, -0.1) is 0 Å². The number of hydrogen-bond donors (Lipinski definition) is 0. The Kier molecular flexibility index (Phi) is 6.01. The maximum atomic E-state index is 12.7. The number of nitrogens with zero attached hydrogens (tertiary/aromatic N) is 3. The number of aromatic nitrogens is 2. The number of amides is 1. The highest BCUT2D eigenvalue weighted by molar-refractivity contribution is 7.98. The molecule has 0 aromatic carbocycles. The highest BCUT2D eigenvalue weighted by atomic mass is 32.2. The fraction of sp³-hybridized carbons (Fsp3) is 0.438. The van der Waals surface area contributed by atoms with Crippen molar-refractivity contribution in [1.29, 1.82) is 0 Å². The van der Waals surface area contributed by atoms with Gasteiger partial charge < -0.3 is 10.1 Å². The van der Waals surface area contributed by atoms with Gasteiger partial charge in [-0.3, -0.25) is 4.79 Å². The molecule has 0 spiro atoms. The molecule has 0 N–H and O–H groups in total. The van der Waals surface area contributed by atoms with Crippen molar-refractivity contribution in [2.45, 2.75) is 20.8 Å². The Morgan fingerprint density at radius 1 is 1.57 bits per heavy atom. The first-order chi connectivity index (χ1) is 11.0. The van der Waals surface area contributed by atoms with Gasteiger partial charge in [-0.1, -0.05) is 18.3 Å². The summed E-state index contributed by atoms with van der Waals surface area (Å²) in [5.41, 5.74) is 1.58. The summed E-state index contributed by atoms with van der Waals surface area (Å²) < 4.78 is 0.759. The summed E-state index contributed by atoms with van der Waals surface area (Å²) in [4.78, 5) is 19.0. The molecule has 2 aromatic heterocycles. The normalized spacial score (nSPS) is 12.2. The zero-order valence-corrected chi connectivity index (χ0v) is 15.4. The third-order valence-corrected chi connectivity index (χ3v) is 5.52. The Labute approximate surface area is 144 Å². The van der Waals surface area contributed by atoms with Crippen LogP contribution in [0.2, 0.25) is 0 Å². The summed E-state index contributed by atoms with van der Waals surface area (Å²) >= 11 is 3.12. The number of carbonyl (C=O) groups excluding carboxylic acids is 1. The molecule has 1 unspecified atom stereocenters. The first-order valence-corrected chi connectivity index (χ1v) is 9.65. The van der Waals surface area contributed by atoms with Crippen molar-refractivity contribution in [3.63, 3.8) is 0 Å². The van der Waals surface area contributed by atoms with Crippen molar-refractivity contribution in [2.24, 2.45) is 5.92 Å². The Morgan fingerprint density at radius 2 is 2.30 bits per heavy atom. The van der Waals surface area contributed by atoms with Crippen LogP contribution in [0.5, 0.6) is 0 Å². The number of thioether (sulfide) groups is 1. The molecule has 0 bridgehead atoms. The van der Waals surface area contributed by atoms with Gasteiger partial charge in [0.15, 0.2) is 12.4 Å². The highest BCUT2D eigenvalue weighted by Crippen LogP contribution is 2.34. The molecular weight excluding hydrogens is 330 g/mol. The topological polar surface area (TPSA) is 60.1 Å². The lowest BCUT2D eigenvalue weighted by Crippen LogP contribution is -2.35. The van der Waals surface area contributed by atoms with E-state index in [4.69, 9.17) is 0 Å². The second-order valence-electron chi connectivity index (χ2n) is 5.30. The Morgan fingerprint density at radius 3 is 2.91 bits per heavy atom. The van der Waals surface area contributed by atoms with Crippen LogP contribution in [0, 0.1) is 18.0 Å². The SMILES string of the molecule is CCN(C(=O)C(C)CSC)c1sc(-c2ccc[n+]([O-])c2)nc1C. The van der Waals surface area contributed by atoms with Gasteiger partial charge in [-0.25, -0.2) is 4.98 Å². The summed E-state index contributed by atoms with van der Waals surface area (Å²) in [7, 11) is 0. The van der Waals surface area contributed by atoms with E-state index in [2.05, 4.69) is 4.98 Å². The second kappa shape index (κ2) is 7.79. The van der Waals surface area contributed by atoms with Crippen LogP contribution in [0.15, 0.2) is 24.5 Å². The number of hydrogen-bond acceptors (Lipinski definition) is 5. The summed E-state index contributed by atoms with van der Waals surface area (Å²) in [6.07, 6.45) is 4.94. The van der Waals surface area contributed by atoms with Crippen LogP contribution in [0.4, 0.5) is 5.00 Å². The van der Waals surface area contributed by atoms with Crippen molar-refractivity contribution in [2.75, 3.05) is 23.5 Å². The number of anilines is 1. The minimum absolute atomic E-state index is 0.0320. The third-order valence-electron chi connectivity index (χ3n) is 3.46. The second-order valence-corrected chi connectivity index (χ2v) is 7.19. The van der Waals surface area contributed by atoms with E-state index >= 15 is 0 Å². The molecule has 0 radical (unpaired) electrons. The summed E-state index contributed by atoms with van der Waals surface area (Å²) in [5, 5.41) is 13.1. The van der Waals surface area contributed by atoms with E-state index in [-0.39, 0.29) is 11.8 Å². The van der Waals surface area contributed by atoms with Gasteiger partial charge >= 0.3 is 0 Å². The van der Waals surface area contributed by atoms with E-state index in [1.54, 1.807) is 22.7 Å². The molecule has 5 nitrogen and oxygen atoms in total. The molecule has 0 saturated heterocycles. The molecule has 0 saturated carbocycles. The standard InChI is InChI=1S/C16H21N3O2S2/c1-5-19(15(20)11(2)10-22-4)16-12(3)17-14(23-16)13-7-6-8-18(21)9-13/h6-9,11H,5,10H2,1-4H3. The number of rotatable bonds is 6. The molecule has 0 aliphatic heterocycles. The van der Waals surface area contributed by atoms with Crippen LogP contribution in [0.3, 0.4) is 0 Å². The molecular formula is C16H21N3O2S2. The molecule has 2 heterocycles. The molecule has 1 atom stereocenters. The van der Waals surface area contributed by atoms with Crippen molar-refractivity contribution >= 4 is 34.0 Å². The smallest absolute Gasteiger partial charge is 0.231 e. The van der Waals surface area contributed by atoms with Gasteiger partial charge in [0.2, 0.25) is 5.91 Å². The van der Waals surface area contributed by atoms with E-state index in [0.717, 1.165) is 31.7 Å². The van der Waals surface area contributed by atoms with Crippen molar-refractivity contribution in [3.05, 3.63) is 35.4 Å². The van der Waals surface area contributed by atoms with Crippen molar-refractivity contribution in [3.8, 4) is 10.6 Å². The molecule has 124 valence electrons. The Hall–Kier alpha value is -1.60. The quantitative estimate of drug-likeness (QED) is 0.593. The maximum Gasteiger partial charge on any atom is 0.231 e. The third kappa shape index (κ3) is 4.03. The molecule has 0 aliphatic rings. The molecule has 0 fully saturated rings. The fourth-order valence-corrected chi connectivity index (χ4v) is 4.10. The number of carbonyl (C=O) groups is 1. The van der Waals surface area contributed by atoms with Crippen LogP contribution in [-0.4, -0.2) is 29.4 Å². The van der Waals surface area contributed by atoms with E-state index < -0.39 is 0 Å². The average molecular weight is 351 g/mol. The molecule has 1 amide bonds. The van der Waals surface area contributed by atoms with Crippen LogP contribution in [0.1, 0.15) is 19.5 Å². The molecule has 7 heteroatoms. The molecule has 23 heavy (non-hydrogen) atoms. The minimum Gasteiger partial charge on any atom is -0.619 e. The van der Waals surface area contributed by atoms with Crippen molar-refractivity contribution in [1.82, 2.24) is 4.98 Å². The summed E-state index contributed by atoms with van der Waals surface area (Å²) in [5.74, 6) is 0.886. The van der Waals surface area contributed by atoms with Gasteiger partial charge in [0, 0.05) is 24.3 Å². The van der Waals surface area contributed by atoms with E-state index in [9.17, 15) is 10.0 Å². The molecule has 2 aromatic rings. The monoisotopic (exact) mass is 351 g/mol. The predicted octanol–water partition coefficient (Wildman–Crippen LogP) is 3.10. The Balaban J connectivity index is 2.33. The highest BCUT2D eigenvalue weighted by Gasteiger charge is 2.24. The van der Waals surface area contributed by atoms with E-state index in [1.807, 2.05) is 33.1 Å². The number of aryl methyl sites for hydroxylation is 1. The molecule has 0 aliphatic carbocycles. The maximum absolute atomic E-state index is 12.7. The van der Waals surface area contributed by atoms with E-state index in [0.29, 0.717) is 6.54 Å². The van der Waals surface area contributed by atoms with Gasteiger partial charge in [0.1, 0.15) is 10.0 Å². The first-order valence-electron chi connectivity index (χ1n) is 7.44. The summed E-state index contributed by atoms with van der Waals surface area (Å²) in [6, 6.07) is 3.55. The largest absolute Gasteiger partial charge is 0.619 e. The lowest BCUT2D eigenvalue weighted by molar-refractivity contribution is -0.604. The first kappa shape index (κ1) is 17.7. The Bertz CT molecular complexity index is 688. The molecule has 2 rings (SSSR count). The average Bonchev–Trinajstić information content (AvgIpc) is 2.90. The minimum atomic E-state index is -0.0320. The van der Waals surface area contributed by atoms with Gasteiger partial charge in [0.25, 0.3) is 0 Å². The van der Waals surface area contributed by atoms with Gasteiger partial charge in [-0.2, -0.15) is 16.5 Å². The zero-order chi connectivity index (χ0) is 17.0. The summed E-state index contributed by atoms with van der Waals surface area (Å²) in [6.45, 7) is 6.43. The van der Waals surface area contributed by atoms with E-state index in [1.165, 1.54) is 23.7 Å². The number of thiazole rings is 1. The lowest BCUT2D eigenvalue weighted by atomic mass is 10.2. The van der Waals surface area contributed by atoms with Crippen molar-refractivity contribution < 1.29 is 9.52 Å². The van der Waals surface area contributed by atoms with Crippen LogP contribution >= 0.6 is 23.1 Å². The van der Waals surface area contributed by atoms with Crippen LogP contribution < -0.4 is 9.63 Å².